The van der Waals surface area contributed by atoms with Crippen molar-refractivity contribution in [3.8, 4) is 0 Å². The molecular formula is C13H11N3O5S. The van der Waals surface area contributed by atoms with Gasteiger partial charge in [0.2, 0.25) is 5.91 Å². The molecule has 1 atom stereocenters. The molecule has 0 bridgehead atoms. The summed E-state index contributed by atoms with van der Waals surface area (Å²) in [5, 5.41) is 11.2. The summed E-state index contributed by atoms with van der Waals surface area (Å²) in [6.45, 7) is 0.216. The summed E-state index contributed by atoms with van der Waals surface area (Å²) >= 11 is 1.26. The van der Waals surface area contributed by atoms with E-state index in [1.807, 2.05) is 0 Å². The molecule has 2 heterocycles. The van der Waals surface area contributed by atoms with E-state index in [-0.39, 0.29) is 24.6 Å². The Bertz CT molecular complexity index is 787. The molecule has 1 unspecified atom stereocenters. The maximum atomic E-state index is 12.0. The van der Waals surface area contributed by atoms with Gasteiger partial charge in [-0.2, -0.15) is 0 Å². The van der Waals surface area contributed by atoms with E-state index >= 15 is 0 Å². The van der Waals surface area contributed by atoms with Gasteiger partial charge < -0.3 is 4.74 Å². The van der Waals surface area contributed by atoms with E-state index in [4.69, 9.17) is 0 Å². The molecule has 2 aromatic rings. The smallest absolute Gasteiger partial charge is 0.311 e. The van der Waals surface area contributed by atoms with Crippen LogP contribution in [0.3, 0.4) is 0 Å². The third-order valence-corrected chi connectivity index (χ3v) is 4.52. The average molecular weight is 321 g/mol. The zero-order valence-corrected chi connectivity index (χ0v) is 12.3. The molecule has 1 saturated heterocycles. The van der Waals surface area contributed by atoms with Crippen molar-refractivity contribution in [3.63, 3.8) is 0 Å². The Kier molecular flexibility index (Phi) is 3.49. The van der Waals surface area contributed by atoms with Gasteiger partial charge in [-0.3, -0.25) is 24.6 Å². The van der Waals surface area contributed by atoms with Gasteiger partial charge >= 0.3 is 5.97 Å². The quantitative estimate of drug-likeness (QED) is 0.484. The molecular weight excluding hydrogens is 310 g/mol. The summed E-state index contributed by atoms with van der Waals surface area (Å²) in [5.74, 6) is -1.13. The summed E-state index contributed by atoms with van der Waals surface area (Å²) in [7, 11) is 1.28. The van der Waals surface area contributed by atoms with Crippen molar-refractivity contribution in [3.05, 3.63) is 28.3 Å². The number of esters is 1. The molecule has 1 aliphatic rings. The number of anilines is 1. The molecule has 0 aliphatic carbocycles. The highest BCUT2D eigenvalue weighted by Crippen LogP contribution is 2.34. The number of rotatable bonds is 3. The number of fused-ring (bicyclic) bond motifs is 1. The number of nitro groups is 1. The van der Waals surface area contributed by atoms with Gasteiger partial charge in [0.05, 0.1) is 28.2 Å². The molecule has 0 N–H and O–H groups in total. The third-order valence-electron chi connectivity index (χ3n) is 3.46. The molecule has 1 aromatic carbocycles. The summed E-state index contributed by atoms with van der Waals surface area (Å²) in [5.41, 5.74) is 0.410. The minimum atomic E-state index is -0.501. The van der Waals surface area contributed by atoms with Crippen molar-refractivity contribution in [2.24, 2.45) is 5.92 Å². The first kappa shape index (κ1) is 14.4. The second-order valence-corrected chi connectivity index (χ2v) is 5.84. The van der Waals surface area contributed by atoms with Gasteiger partial charge in [0, 0.05) is 25.1 Å². The SMILES string of the molecule is COC(=O)C1CC(=O)N(c2nc3cc([N+](=O)[O-])ccc3s2)C1. The van der Waals surface area contributed by atoms with Crippen LogP contribution in [0.25, 0.3) is 10.2 Å². The first-order chi connectivity index (χ1) is 10.5. The molecule has 0 radical (unpaired) electrons. The molecule has 114 valence electrons. The van der Waals surface area contributed by atoms with Crippen LogP contribution in [-0.4, -0.2) is 35.4 Å². The number of ether oxygens (including phenoxy) is 1. The predicted octanol–water partition coefficient (Wildman–Crippen LogP) is 1.73. The molecule has 1 fully saturated rings. The van der Waals surface area contributed by atoms with Crippen LogP contribution in [0.5, 0.6) is 0 Å². The number of carbonyl (C=O) groups excluding carboxylic acids is 2. The number of nitrogens with zero attached hydrogens (tertiary/aromatic N) is 3. The fourth-order valence-corrected chi connectivity index (χ4v) is 3.32. The van der Waals surface area contributed by atoms with Crippen LogP contribution < -0.4 is 4.90 Å². The zero-order chi connectivity index (χ0) is 15.9. The third kappa shape index (κ3) is 2.39. The van der Waals surface area contributed by atoms with E-state index in [0.717, 1.165) is 4.70 Å². The van der Waals surface area contributed by atoms with Crippen LogP contribution in [0.15, 0.2) is 18.2 Å². The van der Waals surface area contributed by atoms with E-state index < -0.39 is 16.8 Å². The molecule has 1 amide bonds. The Balaban J connectivity index is 1.92. The van der Waals surface area contributed by atoms with E-state index in [1.54, 1.807) is 6.07 Å². The zero-order valence-electron chi connectivity index (χ0n) is 11.5. The Morgan fingerprint density at radius 1 is 1.55 bits per heavy atom. The highest BCUT2D eigenvalue weighted by molar-refractivity contribution is 7.22. The van der Waals surface area contributed by atoms with Crippen molar-refractivity contribution in [1.29, 1.82) is 0 Å². The summed E-state index contributed by atoms with van der Waals surface area (Å²) in [6.07, 6.45) is 0.0861. The van der Waals surface area contributed by atoms with Crippen LogP contribution in [0, 0.1) is 16.0 Å². The second-order valence-electron chi connectivity index (χ2n) is 4.83. The summed E-state index contributed by atoms with van der Waals surface area (Å²) in [4.78, 5) is 39.6. The van der Waals surface area contributed by atoms with Gasteiger partial charge in [0.1, 0.15) is 0 Å². The largest absolute Gasteiger partial charge is 0.469 e. The van der Waals surface area contributed by atoms with Gasteiger partial charge in [0.15, 0.2) is 5.13 Å². The number of non-ortho nitro benzene ring substituents is 1. The molecule has 0 spiro atoms. The predicted molar refractivity (Wildman–Crippen MR) is 78.8 cm³/mol. The number of thiazole rings is 1. The van der Waals surface area contributed by atoms with E-state index in [1.165, 1.54) is 35.5 Å². The number of hydrogen-bond donors (Lipinski definition) is 0. The molecule has 1 aromatic heterocycles. The Morgan fingerprint density at radius 3 is 3.00 bits per heavy atom. The normalized spacial score (nSPS) is 18.0. The molecule has 1 aliphatic heterocycles. The maximum absolute atomic E-state index is 12.0. The number of aromatic nitrogens is 1. The van der Waals surface area contributed by atoms with Gasteiger partial charge in [0.25, 0.3) is 5.69 Å². The number of nitro benzene ring substituents is 1. The van der Waals surface area contributed by atoms with Gasteiger partial charge in [-0.05, 0) is 6.07 Å². The van der Waals surface area contributed by atoms with Crippen molar-refractivity contribution >= 4 is 44.2 Å². The topological polar surface area (TPSA) is 103 Å². The van der Waals surface area contributed by atoms with Crippen LogP contribution in [0.4, 0.5) is 10.8 Å². The number of carbonyl (C=O) groups is 2. The molecule has 22 heavy (non-hydrogen) atoms. The van der Waals surface area contributed by atoms with Crippen molar-refractivity contribution < 1.29 is 19.2 Å². The minimum absolute atomic E-state index is 0.0514. The van der Waals surface area contributed by atoms with E-state index in [0.29, 0.717) is 10.6 Å². The Labute approximate surface area is 128 Å². The van der Waals surface area contributed by atoms with E-state index in [2.05, 4.69) is 9.72 Å². The lowest BCUT2D eigenvalue weighted by Gasteiger charge is -2.11. The van der Waals surface area contributed by atoms with Crippen molar-refractivity contribution in [2.45, 2.75) is 6.42 Å². The van der Waals surface area contributed by atoms with Gasteiger partial charge in [-0.15, -0.1) is 0 Å². The molecule has 3 rings (SSSR count). The monoisotopic (exact) mass is 321 g/mol. The van der Waals surface area contributed by atoms with Gasteiger partial charge in [-0.1, -0.05) is 11.3 Å². The molecule has 8 nitrogen and oxygen atoms in total. The number of amides is 1. The fourth-order valence-electron chi connectivity index (χ4n) is 2.35. The van der Waals surface area contributed by atoms with Crippen molar-refractivity contribution in [1.82, 2.24) is 4.98 Å². The lowest BCUT2D eigenvalue weighted by molar-refractivity contribution is -0.384. The highest BCUT2D eigenvalue weighted by Gasteiger charge is 2.37. The average Bonchev–Trinajstić information content (AvgIpc) is 3.08. The minimum Gasteiger partial charge on any atom is -0.469 e. The molecule has 0 saturated carbocycles. The fraction of sp³-hybridized carbons (Fsp3) is 0.308. The second kappa shape index (κ2) is 5.34. The number of methoxy groups -OCH3 is 1. The highest BCUT2D eigenvalue weighted by atomic mass is 32.1. The maximum Gasteiger partial charge on any atom is 0.311 e. The van der Waals surface area contributed by atoms with Crippen LogP contribution in [0.1, 0.15) is 6.42 Å². The molecule has 9 heteroatoms. The lowest BCUT2D eigenvalue weighted by Crippen LogP contribution is -2.25. The van der Waals surface area contributed by atoms with E-state index in [9.17, 15) is 19.7 Å². The standard InChI is InChI=1S/C13H11N3O5S/c1-21-12(18)7-4-11(17)15(6-7)13-14-9-5-8(16(19)20)2-3-10(9)22-13/h2-3,5,7H,4,6H2,1H3. The van der Waals surface area contributed by atoms with Crippen LogP contribution in [0.2, 0.25) is 0 Å². The first-order valence-electron chi connectivity index (χ1n) is 6.43. The van der Waals surface area contributed by atoms with Crippen LogP contribution in [-0.2, 0) is 14.3 Å². The Hall–Kier alpha value is -2.55. The van der Waals surface area contributed by atoms with Crippen molar-refractivity contribution in [2.75, 3.05) is 18.6 Å². The Morgan fingerprint density at radius 2 is 2.32 bits per heavy atom. The number of benzene rings is 1. The summed E-state index contributed by atoms with van der Waals surface area (Å²) in [6, 6.07) is 4.37. The van der Waals surface area contributed by atoms with Gasteiger partial charge in [-0.25, -0.2) is 4.98 Å². The first-order valence-corrected chi connectivity index (χ1v) is 7.24. The van der Waals surface area contributed by atoms with Crippen LogP contribution >= 0.6 is 11.3 Å². The number of hydrogen-bond acceptors (Lipinski definition) is 7. The summed E-state index contributed by atoms with van der Waals surface area (Å²) < 4.78 is 5.40. The lowest BCUT2D eigenvalue weighted by atomic mass is 10.1.